The van der Waals surface area contributed by atoms with Gasteiger partial charge in [0.1, 0.15) is 0 Å². The molecule has 0 bridgehead atoms. The molecule has 0 fully saturated rings. The molecular weight excluding hydrogens is 216 g/mol. The van der Waals surface area contributed by atoms with Gasteiger partial charge in [0.05, 0.1) is 12.4 Å². The molecule has 3 amide bonds. The second kappa shape index (κ2) is 8.55. The Kier molecular flexibility index (Phi) is 8.12. The number of aliphatic hydroxyl groups is 1. The highest BCUT2D eigenvalue weighted by Gasteiger charge is 2.08. The molecule has 1 atom stereocenters. The molecule has 0 aromatic heterocycles. The van der Waals surface area contributed by atoms with Gasteiger partial charge >= 0.3 is 6.03 Å². The lowest BCUT2D eigenvalue weighted by molar-refractivity contribution is -0.117. The second-order valence-corrected chi connectivity index (χ2v) is 4.54. The smallest absolute Gasteiger partial charge is 0.321 e. The highest BCUT2D eigenvalue weighted by Crippen LogP contribution is 2.07. The number of imide groups is 1. The molecule has 0 saturated carbocycles. The average Bonchev–Trinajstić information content (AvgIpc) is 2.22. The largest absolute Gasteiger partial charge is 0.395 e. The third kappa shape index (κ3) is 8.26. The highest BCUT2D eigenvalue weighted by atomic mass is 32.2. The molecule has 0 aliphatic rings. The van der Waals surface area contributed by atoms with Gasteiger partial charge in [0.25, 0.3) is 0 Å². The van der Waals surface area contributed by atoms with Gasteiger partial charge in [-0.25, -0.2) is 4.79 Å². The first-order chi connectivity index (χ1) is 7.10. The summed E-state index contributed by atoms with van der Waals surface area (Å²) in [5.74, 6) is -0.157. The summed E-state index contributed by atoms with van der Waals surface area (Å²) in [7, 11) is 0. The van der Waals surface area contributed by atoms with E-state index in [4.69, 9.17) is 5.11 Å². The lowest BCUT2D eigenvalue weighted by Gasteiger charge is -2.08. The van der Waals surface area contributed by atoms with E-state index >= 15 is 0 Å². The molecule has 0 aromatic rings. The van der Waals surface area contributed by atoms with Crippen LogP contribution in [-0.2, 0) is 4.79 Å². The van der Waals surface area contributed by atoms with E-state index in [1.54, 1.807) is 0 Å². The molecule has 0 rings (SSSR count). The van der Waals surface area contributed by atoms with Gasteiger partial charge in [-0.3, -0.25) is 10.1 Å². The van der Waals surface area contributed by atoms with Crippen LogP contribution in [-0.4, -0.2) is 41.2 Å². The van der Waals surface area contributed by atoms with Gasteiger partial charge in [0.15, 0.2) is 0 Å². The van der Waals surface area contributed by atoms with Crippen molar-refractivity contribution in [1.29, 1.82) is 0 Å². The van der Waals surface area contributed by atoms with Gasteiger partial charge in [-0.15, -0.1) is 11.8 Å². The standard InChI is InChI=1S/C9H18N2O3S/c1-3-4-10-9(14)11-8(13)6-15-7(2)5-12/h7,12H,3-6H2,1-2H3,(H2,10,11,13,14). The Morgan fingerprint density at radius 2 is 2.13 bits per heavy atom. The van der Waals surface area contributed by atoms with Gasteiger partial charge in [-0.1, -0.05) is 13.8 Å². The topological polar surface area (TPSA) is 78.4 Å². The van der Waals surface area contributed by atoms with E-state index in [9.17, 15) is 9.59 Å². The van der Waals surface area contributed by atoms with E-state index in [0.717, 1.165) is 6.42 Å². The first kappa shape index (κ1) is 14.2. The summed E-state index contributed by atoms with van der Waals surface area (Å²) in [6.45, 7) is 4.33. The lowest BCUT2D eigenvalue weighted by Crippen LogP contribution is -2.40. The van der Waals surface area contributed by atoms with Crippen LogP contribution in [0.3, 0.4) is 0 Å². The fraction of sp³-hybridized carbons (Fsp3) is 0.778. The summed E-state index contributed by atoms with van der Waals surface area (Å²) >= 11 is 1.31. The molecule has 1 unspecified atom stereocenters. The molecule has 0 aromatic carbocycles. The van der Waals surface area contributed by atoms with Crippen molar-refractivity contribution in [2.45, 2.75) is 25.5 Å². The minimum Gasteiger partial charge on any atom is -0.395 e. The predicted molar refractivity (Wildman–Crippen MR) is 60.8 cm³/mol. The van der Waals surface area contributed by atoms with Crippen molar-refractivity contribution in [3.63, 3.8) is 0 Å². The fourth-order valence-electron chi connectivity index (χ4n) is 0.716. The number of carbonyl (C=O) groups excluding carboxylic acids is 2. The second-order valence-electron chi connectivity index (χ2n) is 3.11. The van der Waals surface area contributed by atoms with E-state index in [0.29, 0.717) is 6.54 Å². The molecule has 3 N–H and O–H groups in total. The predicted octanol–water partition coefficient (Wildman–Crippen LogP) is 0.336. The summed E-state index contributed by atoms with van der Waals surface area (Å²) in [4.78, 5) is 22.2. The monoisotopic (exact) mass is 234 g/mol. The highest BCUT2D eigenvalue weighted by molar-refractivity contribution is 8.00. The van der Waals surface area contributed by atoms with Crippen molar-refractivity contribution in [2.24, 2.45) is 0 Å². The van der Waals surface area contributed by atoms with Crippen LogP contribution in [0.1, 0.15) is 20.3 Å². The Morgan fingerprint density at radius 1 is 1.47 bits per heavy atom. The van der Waals surface area contributed by atoms with Gasteiger partial charge in [-0.05, 0) is 6.42 Å². The maximum absolute atomic E-state index is 11.2. The number of aliphatic hydroxyl groups excluding tert-OH is 1. The summed E-state index contributed by atoms with van der Waals surface area (Å²) in [5.41, 5.74) is 0. The number of urea groups is 1. The van der Waals surface area contributed by atoms with E-state index < -0.39 is 6.03 Å². The maximum Gasteiger partial charge on any atom is 0.321 e. The van der Waals surface area contributed by atoms with Gasteiger partial charge in [0.2, 0.25) is 5.91 Å². The Bertz CT molecular complexity index is 212. The zero-order chi connectivity index (χ0) is 11.7. The van der Waals surface area contributed by atoms with Crippen LogP contribution >= 0.6 is 11.8 Å². The minimum atomic E-state index is -0.459. The number of amides is 3. The summed E-state index contributed by atoms with van der Waals surface area (Å²) < 4.78 is 0. The molecule has 0 spiro atoms. The van der Waals surface area contributed by atoms with E-state index in [1.165, 1.54) is 11.8 Å². The molecule has 0 radical (unpaired) electrons. The average molecular weight is 234 g/mol. The molecule has 88 valence electrons. The van der Waals surface area contributed by atoms with Crippen molar-refractivity contribution >= 4 is 23.7 Å². The molecule has 6 heteroatoms. The zero-order valence-corrected chi connectivity index (χ0v) is 9.89. The lowest BCUT2D eigenvalue weighted by atomic mass is 10.5. The van der Waals surface area contributed by atoms with Crippen LogP contribution in [0, 0.1) is 0 Å². The number of rotatable bonds is 6. The van der Waals surface area contributed by atoms with Crippen LogP contribution in [0.5, 0.6) is 0 Å². The number of nitrogens with one attached hydrogen (secondary N) is 2. The quantitative estimate of drug-likeness (QED) is 0.619. The van der Waals surface area contributed by atoms with Crippen molar-refractivity contribution in [2.75, 3.05) is 18.9 Å². The Balaban J connectivity index is 3.60. The van der Waals surface area contributed by atoms with Crippen molar-refractivity contribution in [1.82, 2.24) is 10.6 Å². The zero-order valence-electron chi connectivity index (χ0n) is 9.08. The van der Waals surface area contributed by atoms with Crippen LogP contribution in [0.15, 0.2) is 0 Å². The van der Waals surface area contributed by atoms with Gasteiger partial charge in [0, 0.05) is 11.8 Å². The third-order valence-corrected chi connectivity index (χ3v) is 2.69. The minimum absolute atomic E-state index is 0.00875. The Morgan fingerprint density at radius 3 is 2.67 bits per heavy atom. The van der Waals surface area contributed by atoms with Crippen molar-refractivity contribution < 1.29 is 14.7 Å². The Hall–Kier alpha value is -0.750. The van der Waals surface area contributed by atoms with E-state index in [2.05, 4.69) is 10.6 Å². The number of hydrogen-bond acceptors (Lipinski definition) is 4. The molecule has 15 heavy (non-hydrogen) atoms. The number of hydrogen-bond donors (Lipinski definition) is 3. The van der Waals surface area contributed by atoms with Crippen molar-refractivity contribution in [3.8, 4) is 0 Å². The number of thioether (sulfide) groups is 1. The molecule has 0 aliphatic heterocycles. The SMILES string of the molecule is CCCNC(=O)NC(=O)CSC(C)CO. The molecule has 0 saturated heterocycles. The fourth-order valence-corrected chi connectivity index (χ4v) is 1.33. The summed E-state index contributed by atoms with van der Waals surface area (Å²) in [6, 6.07) is -0.459. The van der Waals surface area contributed by atoms with E-state index in [-0.39, 0.29) is 23.5 Å². The van der Waals surface area contributed by atoms with Crippen LogP contribution in [0.2, 0.25) is 0 Å². The van der Waals surface area contributed by atoms with E-state index in [1.807, 2.05) is 13.8 Å². The van der Waals surface area contributed by atoms with Crippen LogP contribution < -0.4 is 10.6 Å². The maximum atomic E-state index is 11.2. The normalized spacial score (nSPS) is 11.9. The summed E-state index contributed by atoms with van der Waals surface area (Å²) in [5, 5.41) is 13.5. The Labute approximate surface area is 94.0 Å². The third-order valence-electron chi connectivity index (χ3n) is 1.54. The van der Waals surface area contributed by atoms with Crippen LogP contribution in [0.4, 0.5) is 4.79 Å². The van der Waals surface area contributed by atoms with Gasteiger partial charge < -0.3 is 10.4 Å². The molecular formula is C9H18N2O3S. The first-order valence-electron chi connectivity index (χ1n) is 4.90. The van der Waals surface area contributed by atoms with Crippen molar-refractivity contribution in [3.05, 3.63) is 0 Å². The summed E-state index contributed by atoms with van der Waals surface area (Å²) in [6.07, 6.45) is 0.831. The van der Waals surface area contributed by atoms with Crippen LogP contribution in [0.25, 0.3) is 0 Å². The van der Waals surface area contributed by atoms with Gasteiger partial charge in [-0.2, -0.15) is 0 Å². The first-order valence-corrected chi connectivity index (χ1v) is 5.95. The number of carbonyl (C=O) groups is 2. The molecule has 0 heterocycles. The molecule has 0 aliphatic carbocycles. The molecule has 5 nitrogen and oxygen atoms in total.